The third-order valence-electron chi connectivity index (χ3n) is 3.57. The third kappa shape index (κ3) is 2.96. The van der Waals surface area contributed by atoms with Gasteiger partial charge in [0.1, 0.15) is 5.75 Å². The Labute approximate surface area is 115 Å². The van der Waals surface area contributed by atoms with E-state index in [1.165, 1.54) is 16.7 Å². The van der Waals surface area contributed by atoms with E-state index in [0.717, 1.165) is 11.3 Å². The van der Waals surface area contributed by atoms with Gasteiger partial charge in [-0.15, -0.1) is 0 Å². The summed E-state index contributed by atoms with van der Waals surface area (Å²) in [6.07, 6.45) is 0. The van der Waals surface area contributed by atoms with E-state index in [0.29, 0.717) is 6.04 Å². The highest BCUT2D eigenvalue weighted by atomic mass is 16.5. The van der Waals surface area contributed by atoms with Crippen LogP contribution in [0.3, 0.4) is 0 Å². The molecular formula is C17H21NO. The van der Waals surface area contributed by atoms with Crippen LogP contribution in [-0.2, 0) is 0 Å². The molecule has 0 aromatic heterocycles. The van der Waals surface area contributed by atoms with Crippen molar-refractivity contribution in [2.75, 3.05) is 14.2 Å². The van der Waals surface area contributed by atoms with Crippen LogP contribution in [0.2, 0.25) is 0 Å². The SMILES string of the molecule is CNC(C)c1ccc(-c2ccc(OC)c(C)c2)cc1. The quantitative estimate of drug-likeness (QED) is 0.893. The van der Waals surface area contributed by atoms with E-state index >= 15 is 0 Å². The maximum Gasteiger partial charge on any atom is 0.121 e. The first-order valence-electron chi connectivity index (χ1n) is 6.58. The minimum Gasteiger partial charge on any atom is -0.496 e. The number of aryl methyl sites for hydroxylation is 1. The Bertz CT molecular complexity index is 546. The molecule has 0 heterocycles. The van der Waals surface area contributed by atoms with Crippen molar-refractivity contribution >= 4 is 0 Å². The number of methoxy groups -OCH3 is 1. The predicted octanol–water partition coefficient (Wildman–Crippen LogP) is 3.95. The van der Waals surface area contributed by atoms with E-state index < -0.39 is 0 Å². The molecule has 2 heteroatoms. The second-order valence-corrected chi connectivity index (χ2v) is 4.82. The summed E-state index contributed by atoms with van der Waals surface area (Å²) in [6, 6.07) is 15.4. The highest BCUT2D eigenvalue weighted by molar-refractivity contribution is 5.66. The first-order chi connectivity index (χ1) is 9.15. The normalized spacial score (nSPS) is 12.2. The molecule has 0 spiro atoms. The first kappa shape index (κ1) is 13.6. The van der Waals surface area contributed by atoms with Gasteiger partial charge in [0.15, 0.2) is 0 Å². The molecule has 0 aliphatic heterocycles. The van der Waals surface area contributed by atoms with Crippen LogP contribution in [0, 0.1) is 6.92 Å². The van der Waals surface area contributed by atoms with Crippen molar-refractivity contribution in [3.05, 3.63) is 53.6 Å². The van der Waals surface area contributed by atoms with Crippen LogP contribution in [0.4, 0.5) is 0 Å². The van der Waals surface area contributed by atoms with Gasteiger partial charge >= 0.3 is 0 Å². The van der Waals surface area contributed by atoms with Crippen LogP contribution < -0.4 is 10.1 Å². The van der Waals surface area contributed by atoms with Crippen LogP contribution in [0.1, 0.15) is 24.1 Å². The molecule has 0 bridgehead atoms. The molecule has 0 saturated heterocycles. The van der Waals surface area contributed by atoms with E-state index in [2.05, 4.69) is 55.6 Å². The lowest BCUT2D eigenvalue weighted by Crippen LogP contribution is -2.11. The lowest BCUT2D eigenvalue weighted by molar-refractivity contribution is 0.412. The zero-order valence-corrected chi connectivity index (χ0v) is 12.0. The molecule has 2 aromatic rings. The highest BCUT2D eigenvalue weighted by Crippen LogP contribution is 2.27. The van der Waals surface area contributed by atoms with E-state index in [4.69, 9.17) is 4.74 Å². The number of benzene rings is 2. The van der Waals surface area contributed by atoms with Gasteiger partial charge in [0, 0.05) is 6.04 Å². The van der Waals surface area contributed by atoms with Gasteiger partial charge in [-0.2, -0.15) is 0 Å². The molecule has 2 rings (SSSR count). The highest BCUT2D eigenvalue weighted by Gasteiger charge is 2.05. The molecule has 2 aromatic carbocycles. The van der Waals surface area contributed by atoms with Crippen LogP contribution in [-0.4, -0.2) is 14.2 Å². The average molecular weight is 255 g/mol. The largest absolute Gasteiger partial charge is 0.496 e. The first-order valence-corrected chi connectivity index (χ1v) is 6.58. The number of hydrogen-bond donors (Lipinski definition) is 1. The Morgan fingerprint density at radius 2 is 1.63 bits per heavy atom. The molecule has 1 unspecified atom stereocenters. The van der Waals surface area contributed by atoms with Crippen molar-refractivity contribution < 1.29 is 4.74 Å². The third-order valence-corrected chi connectivity index (χ3v) is 3.57. The molecule has 100 valence electrons. The predicted molar refractivity (Wildman–Crippen MR) is 80.6 cm³/mol. The fourth-order valence-corrected chi connectivity index (χ4v) is 2.19. The fraction of sp³-hybridized carbons (Fsp3) is 0.294. The molecule has 19 heavy (non-hydrogen) atoms. The second kappa shape index (κ2) is 5.89. The Kier molecular flexibility index (Phi) is 4.23. The topological polar surface area (TPSA) is 21.3 Å². The van der Waals surface area contributed by atoms with Crippen molar-refractivity contribution in [3.8, 4) is 16.9 Å². The van der Waals surface area contributed by atoms with Crippen LogP contribution in [0.5, 0.6) is 5.75 Å². The Balaban J connectivity index is 2.29. The summed E-state index contributed by atoms with van der Waals surface area (Å²) in [7, 11) is 3.68. The number of ether oxygens (including phenoxy) is 1. The molecular weight excluding hydrogens is 234 g/mol. The molecule has 0 saturated carbocycles. The van der Waals surface area contributed by atoms with E-state index in [9.17, 15) is 0 Å². The van der Waals surface area contributed by atoms with Crippen molar-refractivity contribution in [2.24, 2.45) is 0 Å². The van der Waals surface area contributed by atoms with E-state index in [-0.39, 0.29) is 0 Å². The summed E-state index contributed by atoms with van der Waals surface area (Å²) in [4.78, 5) is 0. The Morgan fingerprint density at radius 1 is 1.00 bits per heavy atom. The standard InChI is InChI=1S/C17H21NO/c1-12-11-16(9-10-17(12)19-4)15-7-5-14(6-8-15)13(2)18-3/h5-11,13,18H,1-4H3. The molecule has 0 aliphatic rings. The van der Waals surface area contributed by atoms with Gasteiger partial charge in [-0.25, -0.2) is 0 Å². The summed E-state index contributed by atoms with van der Waals surface area (Å²) in [5, 5.41) is 3.25. The minimum absolute atomic E-state index is 0.381. The zero-order chi connectivity index (χ0) is 13.8. The lowest BCUT2D eigenvalue weighted by Gasteiger charge is -2.12. The Morgan fingerprint density at radius 3 is 2.16 bits per heavy atom. The summed E-state index contributed by atoms with van der Waals surface area (Å²) >= 11 is 0. The molecule has 1 N–H and O–H groups in total. The van der Waals surface area contributed by atoms with Gasteiger partial charge in [0.2, 0.25) is 0 Å². The second-order valence-electron chi connectivity index (χ2n) is 4.82. The summed E-state index contributed by atoms with van der Waals surface area (Å²) < 4.78 is 5.29. The summed E-state index contributed by atoms with van der Waals surface area (Å²) in [5.74, 6) is 0.934. The number of hydrogen-bond acceptors (Lipinski definition) is 2. The number of nitrogens with one attached hydrogen (secondary N) is 1. The lowest BCUT2D eigenvalue weighted by atomic mass is 10.00. The maximum absolute atomic E-state index is 5.29. The minimum atomic E-state index is 0.381. The van der Waals surface area contributed by atoms with Gasteiger partial charge in [-0.3, -0.25) is 0 Å². The van der Waals surface area contributed by atoms with Gasteiger partial charge in [0.25, 0.3) is 0 Å². The zero-order valence-electron chi connectivity index (χ0n) is 12.0. The monoisotopic (exact) mass is 255 g/mol. The molecule has 0 fully saturated rings. The van der Waals surface area contributed by atoms with Crippen molar-refractivity contribution in [3.63, 3.8) is 0 Å². The maximum atomic E-state index is 5.29. The summed E-state index contributed by atoms with van der Waals surface area (Å²) in [6.45, 7) is 4.23. The van der Waals surface area contributed by atoms with E-state index in [1.807, 2.05) is 13.1 Å². The van der Waals surface area contributed by atoms with E-state index in [1.54, 1.807) is 7.11 Å². The summed E-state index contributed by atoms with van der Waals surface area (Å²) in [5.41, 5.74) is 4.92. The molecule has 1 atom stereocenters. The molecule has 0 radical (unpaired) electrons. The van der Waals surface area contributed by atoms with Gasteiger partial charge in [-0.05, 0) is 55.3 Å². The fourth-order valence-electron chi connectivity index (χ4n) is 2.19. The number of rotatable bonds is 4. The smallest absolute Gasteiger partial charge is 0.121 e. The van der Waals surface area contributed by atoms with Crippen molar-refractivity contribution in [2.45, 2.75) is 19.9 Å². The van der Waals surface area contributed by atoms with Crippen LogP contribution in [0.25, 0.3) is 11.1 Å². The molecule has 0 amide bonds. The van der Waals surface area contributed by atoms with Crippen molar-refractivity contribution in [1.82, 2.24) is 5.32 Å². The molecule has 2 nitrogen and oxygen atoms in total. The van der Waals surface area contributed by atoms with Gasteiger partial charge in [-0.1, -0.05) is 30.3 Å². The molecule has 0 aliphatic carbocycles. The Hall–Kier alpha value is -1.80. The average Bonchev–Trinajstić information content (AvgIpc) is 2.46. The van der Waals surface area contributed by atoms with Crippen LogP contribution >= 0.6 is 0 Å². The van der Waals surface area contributed by atoms with Gasteiger partial charge in [0.05, 0.1) is 7.11 Å². The van der Waals surface area contributed by atoms with Crippen molar-refractivity contribution in [1.29, 1.82) is 0 Å². The van der Waals surface area contributed by atoms with Crippen LogP contribution in [0.15, 0.2) is 42.5 Å². The van der Waals surface area contributed by atoms with Gasteiger partial charge < -0.3 is 10.1 Å².